The van der Waals surface area contributed by atoms with E-state index in [4.69, 9.17) is 4.74 Å². The van der Waals surface area contributed by atoms with Crippen LogP contribution in [0.4, 0.5) is 11.4 Å². The molecule has 0 saturated carbocycles. The Bertz CT molecular complexity index is 699. The van der Waals surface area contributed by atoms with Crippen molar-refractivity contribution in [2.75, 3.05) is 12.0 Å². The Labute approximate surface area is 127 Å². The summed E-state index contributed by atoms with van der Waals surface area (Å²) in [4.78, 5) is 10.2. The van der Waals surface area contributed by atoms with E-state index in [1.807, 2.05) is 24.3 Å². The highest BCUT2D eigenvalue weighted by Crippen LogP contribution is 2.17. The van der Waals surface area contributed by atoms with Crippen LogP contribution in [0.5, 0.6) is 5.75 Å². The normalized spacial score (nSPS) is 10.4. The lowest BCUT2D eigenvalue weighted by Crippen LogP contribution is -1.95. The van der Waals surface area contributed by atoms with Crippen molar-refractivity contribution in [3.63, 3.8) is 0 Å². The number of hydrazone groups is 1. The van der Waals surface area contributed by atoms with E-state index in [0.29, 0.717) is 12.3 Å². The van der Waals surface area contributed by atoms with E-state index in [0.717, 1.165) is 11.3 Å². The zero-order valence-electron chi connectivity index (χ0n) is 11.8. The van der Waals surface area contributed by atoms with E-state index in [-0.39, 0.29) is 5.69 Å². The Kier molecular flexibility index (Phi) is 5.25. The second-order valence-corrected chi connectivity index (χ2v) is 4.35. The molecule has 0 aliphatic carbocycles. The Hall–Kier alpha value is -3.15. The highest BCUT2D eigenvalue weighted by molar-refractivity contribution is 5.80. The van der Waals surface area contributed by atoms with Gasteiger partial charge in [-0.05, 0) is 23.8 Å². The third-order valence-electron chi connectivity index (χ3n) is 2.69. The fourth-order valence-electron chi connectivity index (χ4n) is 1.71. The lowest BCUT2D eigenvalue weighted by molar-refractivity contribution is -0.384. The van der Waals surface area contributed by atoms with Crippen LogP contribution in [0.1, 0.15) is 5.56 Å². The average molecular weight is 297 g/mol. The molecule has 0 amide bonds. The van der Waals surface area contributed by atoms with E-state index >= 15 is 0 Å². The summed E-state index contributed by atoms with van der Waals surface area (Å²) in [5.74, 6) is 0.721. The molecule has 0 aromatic heterocycles. The molecule has 0 fully saturated rings. The standard InChI is InChI=1S/C16H15N3O3/c1-2-9-22-16-8-3-5-13(10-16)12-17-18-14-6-4-7-15(11-14)19(20)21/h2-8,10-12,18H,1,9H2/b17-12-. The van der Waals surface area contributed by atoms with Crippen LogP contribution in [0, 0.1) is 10.1 Å². The molecule has 0 bridgehead atoms. The molecule has 1 N–H and O–H groups in total. The molecule has 0 radical (unpaired) electrons. The van der Waals surface area contributed by atoms with E-state index in [1.165, 1.54) is 12.1 Å². The molecule has 6 heteroatoms. The van der Waals surface area contributed by atoms with Gasteiger partial charge in [0.2, 0.25) is 0 Å². The molecule has 0 heterocycles. The molecule has 0 aliphatic rings. The Morgan fingerprint density at radius 2 is 2.09 bits per heavy atom. The van der Waals surface area contributed by atoms with Gasteiger partial charge in [0.1, 0.15) is 12.4 Å². The zero-order valence-corrected chi connectivity index (χ0v) is 11.8. The number of benzene rings is 2. The van der Waals surface area contributed by atoms with Crippen molar-refractivity contribution in [2.45, 2.75) is 0 Å². The maximum absolute atomic E-state index is 10.7. The van der Waals surface area contributed by atoms with Crippen molar-refractivity contribution in [1.82, 2.24) is 0 Å². The first-order valence-corrected chi connectivity index (χ1v) is 6.56. The van der Waals surface area contributed by atoms with Crippen molar-refractivity contribution in [2.24, 2.45) is 5.10 Å². The second kappa shape index (κ2) is 7.58. The van der Waals surface area contributed by atoms with Gasteiger partial charge in [-0.2, -0.15) is 5.10 Å². The van der Waals surface area contributed by atoms with Crippen molar-refractivity contribution in [3.05, 3.63) is 76.9 Å². The van der Waals surface area contributed by atoms with Gasteiger partial charge in [0, 0.05) is 12.1 Å². The maximum Gasteiger partial charge on any atom is 0.271 e. The van der Waals surface area contributed by atoms with Gasteiger partial charge in [0.25, 0.3) is 5.69 Å². The average Bonchev–Trinajstić information content (AvgIpc) is 2.53. The smallest absolute Gasteiger partial charge is 0.271 e. The van der Waals surface area contributed by atoms with Crippen LogP contribution in [0.2, 0.25) is 0 Å². The lowest BCUT2D eigenvalue weighted by Gasteiger charge is -2.03. The van der Waals surface area contributed by atoms with Crippen molar-refractivity contribution >= 4 is 17.6 Å². The lowest BCUT2D eigenvalue weighted by atomic mass is 10.2. The number of ether oxygens (including phenoxy) is 1. The number of rotatable bonds is 7. The monoisotopic (exact) mass is 297 g/mol. The molecule has 0 spiro atoms. The summed E-state index contributed by atoms with van der Waals surface area (Å²) < 4.78 is 5.43. The molecular formula is C16H15N3O3. The predicted octanol–water partition coefficient (Wildman–Crippen LogP) is 3.61. The van der Waals surface area contributed by atoms with Gasteiger partial charge in [0.05, 0.1) is 16.8 Å². The van der Waals surface area contributed by atoms with Gasteiger partial charge in [-0.3, -0.25) is 15.5 Å². The number of nitrogens with zero attached hydrogens (tertiary/aromatic N) is 2. The number of nitro benzene ring substituents is 1. The van der Waals surface area contributed by atoms with Crippen LogP contribution in [-0.2, 0) is 0 Å². The molecule has 22 heavy (non-hydrogen) atoms. The summed E-state index contributed by atoms with van der Waals surface area (Å²) in [6.45, 7) is 4.03. The predicted molar refractivity (Wildman–Crippen MR) is 86.4 cm³/mol. The highest BCUT2D eigenvalue weighted by atomic mass is 16.6. The molecule has 6 nitrogen and oxygen atoms in total. The largest absolute Gasteiger partial charge is 0.490 e. The van der Waals surface area contributed by atoms with Crippen LogP contribution in [-0.4, -0.2) is 17.7 Å². The van der Waals surface area contributed by atoms with Gasteiger partial charge in [-0.25, -0.2) is 0 Å². The Balaban J connectivity index is 2.01. The summed E-state index contributed by atoms with van der Waals surface area (Å²) in [6, 6.07) is 13.5. The van der Waals surface area contributed by atoms with Crippen LogP contribution in [0.3, 0.4) is 0 Å². The maximum atomic E-state index is 10.7. The van der Waals surface area contributed by atoms with Crippen LogP contribution < -0.4 is 10.2 Å². The summed E-state index contributed by atoms with van der Waals surface area (Å²) in [5.41, 5.74) is 4.17. The molecule has 0 saturated heterocycles. The van der Waals surface area contributed by atoms with E-state index in [9.17, 15) is 10.1 Å². The fourth-order valence-corrected chi connectivity index (χ4v) is 1.71. The molecule has 0 atom stereocenters. The van der Waals surface area contributed by atoms with E-state index < -0.39 is 4.92 Å². The Morgan fingerprint density at radius 1 is 1.27 bits per heavy atom. The Morgan fingerprint density at radius 3 is 2.86 bits per heavy atom. The molecular weight excluding hydrogens is 282 g/mol. The fraction of sp³-hybridized carbons (Fsp3) is 0.0625. The van der Waals surface area contributed by atoms with E-state index in [2.05, 4.69) is 17.1 Å². The molecule has 0 aliphatic heterocycles. The van der Waals surface area contributed by atoms with Gasteiger partial charge >= 0.3 is 0 Å². The second-order valence-electron chi connectivity index (χ2n) is 4.35. The van der Waals surface area contributed by atoms with Crippen LogP contribution in [0.15, 0.2) is 66.3 Å². The third-order valence-corrected chi connectivity index (χ3v) is 2.69. The highest BCUT2D eigenvalue weighted by Gasteiger charge is 2.04. The van der Waals surface area contributed by atoms with Gasteiger partial charge < -0.3 is 4.74 Å². The first-order chi connectivity index (χ1) is 10.7. The topological polar surface area (TPSA) is 76.8 Å². The summed E-state index contributed by atoms with van der Waals surface area (Å²) >= 11 is 0. The van der Waals surface area contributed by atoms with Crippen LogP contribution in [0.25, 0.3) is 0 Å². The third kappa shape index (κ3) is 4.45. The quantitative estimate of drug-likeness (QED) is 0.366. The number of hydrogen-bond acceptors (Lipinski definition) is 5. The van der Waals surface area contributed by atoms with Gasteiger partial charge in [-0.1, -0.05) is 30.9 Å². The van der Waals surface area contributed by atoms with E-state index in [1.54, 1.807) is 24.4 Å². The van der Waals surface area contributed by atoms with Crippen molar-refractivity contribution in [3.8, 4) is 5.75 Å². The molecule has 2 rings (SSSR count). The first-order valence-electron chi connectivity index (χ1n) is 6.56. The van der Waals surface area contributed by atoms with Crippen molar-refractivity contribution < 1.29 is 9.66 Å². The number of hydrogen-bond donors (Lipinski definition) is 1. The summed E-state index contributed by atoms with van der Waals surface area (Å²) in [6.07, 6.45) is 3.28. The summed E-state index contributed by atoms with van der Waals surface area (Å²) in [5, 5.41) is 14.8. The SMILES string of the molecule is C=CCOc1cccc(/C=N\Nc2cccc([N+](=O)[O-])c2)c1. The number of non-ortho nitro benzene ring substituents is 1. The number of nitro groups is 1. The minimum absolute atomic E-state index is 0.0139. The summed E-state index contributed by atoms with van der Waals surface area (Å²) in [7, 11) is 0. The molecule has 0 unspecified atom stereocenters. The molecule has 2 aromatic carbocycles. The zero-order chi connectivity index (χ0) is 15.8. The number of nitrogens with one attached hydrogen (secondary N) is 1. The van der Waals surface area contributed by atoms with Crippen molar-refractivity contribution in [1.29, 1.82) is 0 Å². The molecule has 112 valence electrons. The van der Waals surface area contributed by atoms with Crippen LogP contribution >= 0.6 is 0 Å². The first kappa shape index (κ1) is 15.2. The number of anilines is 1. The van der Waals surface area contributed by atoms with Gasteiger partial charge in [-0.15, -0.1) is 0 Å². The minimum atomic E-state index is -0.449. The molecule has 2 aromatic rings. The minimum Gasteiger partial charge on any atom is -0.490 e. The van der Waals surface area contributed by atoms with Gasteiger partial charge in [0.15, 0.2) is 0 Å².